The number of fused-ring (bicyclic) bond motifs is 1. The molecule has 0 spiro atoms. The minimum Gasteiger partial charge on any atom is -0.376 e. The summed E-state index contributed by atoms with van der Waals surface area (Å²) in [7, 11) is 1.74. The van der Waals surface area contributed by atoms with Crippen molar-refractivity contribution < 1.29 is 9.47 Å². The molecule has 0 bridgehead atoms. The zero-order chi connectivity index (χ0) is 20.4. The normalized spacial score (nSPS) is 17.1. The van der Waals surface area contributed by atoms with Crippen LogP contribution in [0.2, 0.25) is 0 Å². The third-order valence-corrected chi connectivity index (χ3v) is 5.36. The predicted molar refractivity (Wildman–Crippen MR) is 110 cm³/mol. The first kappa shape index (κ1) is 19.7. The lowest BCUT2D eigenvalue weighted by atomic mass is 10.1. The second-order valence-corrected chi connectivity index (χ2v) is 7.41. The van der Waals surface area contributed by atoms with E-state index < -0.39 is 0 Å². The number of aromatic nitrogens is 5. The summed E-state index contributed by atoms with van der Waals surface area (Å²) in [6.45, 7) is 6.16. The topological polar surface area (TPSA) is 84.1 Å². The van der Waals surface area contributed by atoms with Gasteiger partial charge in [0, 0.05) is 25.8 Å². The summed E-state index contributed by atoms with van der Waals surface area (Å²) in [6, 6.07) is 5.68. The molecule has 154 valence electrons. The molecule has 4 rings (SSSR count). The number of benzene rings is 1. The first-order valence-electron chi connectivity index (χ1n) is 10.2. The Morgan fingerprint density at radius 2 is 2.14 bits per heavy atom. The van der Waals surface area contributed by atoms with Gasteiger partial charge in [-0.25, -0.2) is 14.6 Å². The van der Waals surface area contributed by atoms with E-state index in [0.717, 1.165) is 37.3 Å². The molecule has 1 aliphatic heterocycles. The van der Waals surface area contributed by atoms with Gasteiger partial charge in [-0.3, -0.25) is 9.36 Å². The van der Waals surface area contributed by atoms with Crippen molar-refractivity contribution >= 4 is 10.9 Å². The Bertz CT molecular complexity index is 1070. The molecule has 1 aromatic carbocycles. The molecule has 0 radical (unpaired) electrons. The molecule has 3 heterocycles. The maximum Gasteiger partial charge on any atom is 0.261 e. The summed E-state index contributed by atoms with van der Waals surface area (Å²) >= 11 is 0. The minimum atomic E-state index is -0.0643. The Kier molecular flexibility index (Phi) is 5.73. The van der Waals surface area contributed by atoms with Gasteiger partial charge in [-0.15, -0.1) is 0 Å². The average Bonchev–Trinajstić information content (AvgIpc) is 3.13. The largest absolute Gasteiger partial charge is 0.376 e. The molecule has 29 heavy (non-hydrogen) atoms. The molecule has 1 saturated heterocycles. The summed E-state index contributed by atoms with van der Waals surface area (Å²) in [5.41, 5.74) is 1.46. The van der Waals surface area contributed by atoms with Crippen LogP contribution in [0.1, 0.15) is 37.8 Å². The van der Waals surface area contributed by atoms with Crippen LogP contribution in [0, 0.1) is 6.92 Å². The maximum atomic E-state index is 12.7. The highest BCUT2D eigenvalue weighted by Crippen LogP contribution is 2.23. The number of hydrogen-bond donors (Lipinski definition) is 0. The van der Waals surface area contributed by atoms with E-state index in [4.69, 9.17) is 14.5 Å². The molecule has 3 aromatic rings. The SMILES string of the molecule is CCOCc1nc(-c2ccc3nc(C)n(C)c(=O)c3c2)n(CC2CCCCO2)n1. The zero-order valence-corrected chi connectivity index (χ0v) is 17.2. The summed E-state index contributed by atoms with van der Waals surface area (Å²) in [5.74, 6) is 2.04. The lowest BCUT2D eigenvalue weighted by Crippen LogP contribution is -2.25. The third-order valence-electron chi connectivity index (χ3n) is 5.36. The molecule has 0 aliphatic carbocycles. The van der Waals surface area contributed by atoms with Crippen molar-refractivity contribution in [3.05, 3.63) is 40.2 Å². The monoisotopic (exact) mass is 397 g/mol. The van der Waals surface area contributed by atoms with Gasteiger partial charge in [-0.2, -0.15) is 5.10 Å². The maximum absolute atomic E-state index is 12.7. The van der Waals surface area contributed by atoms with Crippen LogP contribution in [-0.2, 0) is 29.7 Å². The molecule has 1 aliphatic rings. The summed E-state index contributed by atoms with van der Waals surface area (Å²) in [4.78, 5) is 21.9. The Morgan fingerprint density at radius 1 is 1.28 bits per heavy atom. The zero-order valence-electron chi connectivity index (χ0n) is 17.2. The summed E-state index contributed by atoms with van der Waals surface area (Å²) in [5, 5.41) is 5.23. The lowest BCUT2D eigenvalue weighted by molar-refractivity contribution is 0.00406. The van der Waals surface area contributed by atoms with Crippen molar-refractivity contribution in [1.82, 2.24) is 24.3 Å². The minimum absolute atomic E-state index is 0.0643. The van der Waals surface area contributed by atoms with Gasteiger partial charge < -0.3 is 9.47 Å². The van der Waals surface area contributed by atoms with E-state index in [0.29, 0.717) is 42.3 Å². The van der Waals surface area contributed by atoms with E-state index in [2.05, 4.69) is 10.1 Å². The molecule has 1 fully saturated rings. The Morgan fingerprint density at radius 3 is 2.90 bits per heavy atom. The van der Waals surface area contributed by atoms with Crippen molar-refractivity contribution in [3.63, 3.8) is 0 Å². The molecule has 0 N–H and O–H groups in total. The van der Waals surface area contributed by atoms with Crippen LogP contribution < -0.4 is 5.56 Å². The van der Waals surface area contributed by atoms with Gasteiger partial charge >= 0.3 is 0 Å². The van der Waals surface area contributed by atoms with Crippen molar-refractivity contribution in [1.29, 1.82) is 0 Å². The van der Waals surface area contributed by atoms with Gasteiger partial charge in [-0.05, 0) is 51.3 Å². The van der Waals surface area contributed by atoms with Gasteiger partial charge in [0.2, 0.25) is 0 Å². The molecule has 0 saturated carbocycles. The summed E-state index contributed by atoms with van der Waals surface area (Å²) in [6.07, 6.45) is 3.41. The van der Waals surface area contributed by atoms with E-state index >= 15 is 0 Å². The quantitative estimate of drug-likeness (QED) is 0.636. The highest BCUT2D eigenvalue weighted by molar-refractivity contribution is 5.82. The highest BCUT2D eigenvalue weighted by Gasteiger charge is 2.20. The van der Waals surface area contributed by atoms with Crippen LogP contribution >= 0.6 is 0 Å². The second kappa shape index (κ2) is 8.42. The number of hydrogen-bond acceptors (Lipinski definition) is 6. The molecule has 8 nitrogen and oxygen atoms in total. The Balaban J connectivity index is 1.75. The van der Waals surface area contributed by atoms with Gasteiger partial charge in [-0.1, -0.05) is 0 Å². The molecule has 2 aromatic heterocycles. The van der Waals surface area contributed by atoms with Crippen LogP contribution in [0.4, 0.5) is 0 Å². The molecule has 8 heteroatoms. The molecule has 1 atom stereocenters. The lowest BCUT2D eigenvalue weighted by Gasteiger charge is -2.22. The standard InChI is InChI=1S/C21H27N5O3/c1-4-28-13-19-23-20(26(24-19)12-16-7-5-6-10-29-16)15-8-9-18-17(11-15)21(27)25(3)14(2)22-18/h8-9,11,16H,4-7,10,12-13H2,1-3H3. The first-order valence-corrected chi connectivity index (χ1v) is 10.2. The van der Waals surface area contributed by atoms with Crippen LogP contribution in [0.25, 0.3) is 22.3 Å². The van der Waals surface area contributed by atoms with Gasteiger partial charge in [0.05, 0.1) is 23.6 Å². The fraction of sp³-hybridized carbons (Fsp3) is 0.524. The number of rotatable bonds is 6. The first-order chi connectivity index (χ1) is 14.1. The fourth-order valence-electron chi connectivity index (χ4n) is 3.65. The van der Waals surface area contributed by atoms with E-state index in [1.54, 1.807) is 11.6 Å². The van der Waals surface area contributed by atoms with Crippen LogP contribution in [-0.4, -0.2) is 43.6 Å². The Hall–Kier alpha value is -2.58. The van der Waals surface area contributed by atoms with Crippen LogP contribution in [0.5, 0.6) is 0 Å². The molecular formula is C21H27N5O3. The van der Waals surface area contributed by atoms with E-state index in [-0.39, 0.29) is 11.7 Å². The fourth-order valence-corrected chi connectivity index (χ4v) is 3.65. The average molecular weight is 397 g/mol. The van der Waals surface area contributed by atoms with Crippen molar-refractivity contribution in [2.45, 2.75) is 52.4 Å². The van der Waals surface area contributed by atoms with Gasteiger partial charge in [0.1, 0.15) is 12.4 Å². The molecular weight excluding hydrogens is 370 g/mol. The van der Waals surface area contributed by atoms with Crippen LogP contribution in [0.3, 0.4) is 0 Å². The van der Waals surface area contributed by atoms with Gasteiger partial charge in [0.15, 0.2) is 11.6 Å². The number of aryl methyl sites for hydroxylation is 1. The number of nitrogens with zero attached hydrogens (tertiary/aromatic N) is 5. The van der Waals surface area contributed by atoms with Crippen LogP contribution in [0.15, 0.2) is 23.0 Å². The van der Waals surface area contributed by atoms with Crippen molar-refractivity contribution in [3.8, 4) is 11.4 Å². The van der Waals surface area contributed by atoms with E-state index in [9.17, 15) is 4.79 Å². The predicted octanol–water partition coefficient (Wildman–Crippen LogP) is 2.61. The second-order valence-electron chi connectivity index (χ2n) is 7.41. The summed E-state index contributed by atoms with van der Waals surface area (Å²) < 4.78 is 14.8. The molecule has 0 amide bonds. The number of ether oxygens (including phenoxy) is 2. The Labute approximate surface area is 169 Å². The highest BCUT2D eigenvalue weighted by atomic mass is 16.5. The smallest absolute Gasteiger partial charge is 0.261 e. The third kappa shape index (κ3) is 4.09. The van der Waals surface area contributed by atoms with E-state index in [1.165, 1.54) is 0 Å². The van der Waals surface area contributed by atoms with Gasteiger partial charge in [0.25, 0.3) is 5.56 Å². The van der Waals surface area contributed by atoms with Crippen molar-refractivity contribution in [2.24, 2.45) is 7.05 Å². The van der Waals surface area contributed by atoms with E-state index in [1.807, 2.05) is 36.7 Å². The van der Waals surface area contributed by atoms with Crippen molar-refractivity contribution in [2.75, 3.05) is 13.2 Å². The molecule has 1 unspecified atom stereocenters.